The molecule has 0 bridgehead atoms. The maximum atomic E-state index is 12.5. The molecule has 3 heterocycles. The van der Waals surface area contributed by atoms with E-state index < -0.39 is 0 Å². The molecule has 1 saturated heterocycles. The third-order valence-corrected chi connectivity index (χ3v) is 4.77. The fourth-order valence-electron chi connectivity index (χ4n) is 3.15. The maximum Gasteiger partial charge on any atom is 0.234 e. The van der Waals surface area contributed by atoms with Gasteiger partial charge in [0.1, 0.15) is 11.6 Å². The summed E-state index contributed by atoms with van der Waals surface area (Å²) in [6, 6.07) is 9.46. The molecule has 28 heavy (non-hydrogen) atoms. The molecule has 0 aliphatic carbocycles. The maximum absolute atomic E-state index is 12.5. The van der Waals surface area contributed by atoms with Crippen molar-refractivity contribution < 1.29 is 14.0 Å². The van der Waals surface area contributed by atoms with Crippen LogP contribution in [0.4, 0.5) is 5.82 Å². The molecule has 1 N–H and O–H groups in total. The molecule has 0 aromatic carbocycles. The molecule has 8 heteroatoms. The van der Waals surface area contributed by atoms with Gasteiger partial charge in [0.25, 0.3) is 0 Å². The number of nitrogens with one attached hydrogen (secondary N) is 1. The highest BCUT2D eigenvalue weighted by molar-refractivity contribution is 5.78. The van der Waals surface area contributed by atoms with Crippen molar-refractivity contribution in [3.63, 3.8) is 0 Å². The lowest BCUT2D eigenvalue weighted by atomic mass is 10.2. The van der Waals surface area contributed by atoms with Crippen LogP contribution in [0.2, 0.25) is 0 Å². The number of aromatic nitrogens is 1. The standard InChI is InChI=1S/C20H27N5O3/c1-23(16-19(26)22-15-17-5-4-14-28-17)9-7-20(27)25-12-10-24(11-13-25)18-6-2-3-8-21-18/h2-6,8,14H,7,9-13,15-16H2,1H3,(H,22,26). The minimum atomic E-state index is -0.0877. The summed E-state index contributed by atoms with van der Waals surface area (Å²) in [5.41, 5.74) is 0. The van der Waals surface area contributed by atoms with Gasteiger partial charge in [0.05, 0.1) is 19.4 Å². The van der Waals surface area contributed by atoms with Gasteiger partial charge in [-0.25, -0.2) is 4.98 Å². The van der Waals surface area contributed by atoms with Crippen molar-refractivity contribution in [1.82, 2.24) is 20.1 Å². The van der Waals surface area contributed by atoms with Crippen molar-refractivity contribution in [2.24, 2.45) is 0 Å². The molecule has 2 aromatic rings. The fraction of sp³-hybridized carbons (Fsp3) is 0.450. The molecule has 0 radical (unpaired) electrons. The van der Waals surface area contributed by atoms with Crippen LogP contribution in [0.3, 0.4) is 0 Å². The molecule has 2 amide bonds. The van der Waals surface area contributed by atoms with Crippen molar-refractivity contribution in [2.75, 3.05) is 51.2 Å². The van der Waals surface area contributed by atoms with E-state index in [1.165, 1.54) is 0 Å². The van der Waals surface area contributed by atoms with Gasteiger partial charge in [0.15, 0.2) is 0 Å². The first-order valence-corrected chi connectivity index (χ1v) is 9.53. The van der Waals surface area contributed by atoms with Crippen LogP contribution in [0.5, 0.6) is 0 Å². The molecule has 8 nitrogen and oxygen atoms in total. The van der Waals surface area contributed by atoms with Gasteiger partial charge in [-0.3, -0.25) is 14.5 Å². The smallest absolute Gasteiger partial charge is 0.234 e. The number of hydrogen-bond donors (Lipinski definition) is 1. The fourth-order valence-corrected chi connectivity index (χ4v) is 3.15. The van der Waals surface area contributed by atoms with Gasteiger partial charge in [-0.1, -0.05) is 6.07 Å². The molecular weight excluding hydrogens is 358 g/mol. The highest BCUT2D eigenvalue weighted by Gasteiger charge is 2.22. The first-order chi connectivity index (χ1) is 13.6. The van der Waals surface area contributed by atoms with Crippen LogP contribution in [0.25, 0.3) is 0 Å². The lowest BCUT2D eigenvalue weighted by molar-refractivity contribution is -0.132. The van der Waals surface area contributed by atoms with E-state index in [0.717, 1.165) is 24.7 Å². The second-order valence-electron chi connectivity index (χ2n) is 6.90. The molecule has 0 saturated carbocycles. The Hall–Kier alpha value is -2.87. The van der Waals surface area contributed by atoms with E-state index in [-0.39, 0.29) is 18.4 Å². The Morgan fingerprint density at radius 2 is 2.00 bits per heavy atom. The zero-order chi connectivity index (χ0) is 19.8. The number of hydrogen-bond acceptors (Lipinski definition) is 6. The highest BCUT2D eigenvalue weighted by Crippen LogP contribution is 2.13. The number of furan rings is 1. The quantitative estimate of drug-likeness (QED) is 0.729. The number of carbonyl (C=O) groups excluding carboxylic acids is 2. The van der Waals surface area contributed by atoms with Crippen LogP contribution in [-0.2, 0) is 16.1 Å². The van der Waals surface area contributed by atoms with Crippen LogP contribution in [0.15, 0.2) is 47.2 Å². The zero-order valence-electron chi connectivity index (χ0n) is 16.2. The molecule has 1 aliphatic rings. The van der Waals surface area contributed by atoms with Crippen LogP contribution in [0, 0.1) is 0 Å². The van der Waals surface area contributed by atoms with Gasteiger partial charge >= 0.3 is 0 Å². The Kier molecular flexibility index (Phi) is 7.02. The van der Waals surface area contributed by atoms with Crippen LogP contribution < -0.4 is 10.2 Å². The van der Waals surface area contributed by atoms with Crippen LogP contribution in [0.1, 0.15) is 12.2 Å². The first kappa shape index (κ1) is 19.9. The number of nitrogens with zero attached hydrogens (tertiary/aromatic N) is 4. The molecule has 1 fully saturated rings. The van der Waals surface area contributed by atoms with E-state index in [1.807, 2.05) is 41.1 Å². The summed E-state index contributed by atoms with van der Waals surface area (Å²) in [6.45, 7) is 4.14. The summed E-state index contributed by atoms with van der Waals surface area (Å²) in [7, 11) is 1.85. The molecule has 150 valence electrons. The van der Waals surface area contributed by atoms with Crippen molar-refractivity contribution in [1.29, 1.82) is 0 Å². The molecule has 0 spiro atoms. The highest BCUT2D eigenvalue weighted by atomic mass is 16.3. The van der Waals surface area contributed by atoms with E-state index in [4.69, 9.17) is 4.42 Å². The van der Waals surface area contributed by atoms with Crippen LogP contribution >= 0.6 is 0 Å². The summed E-state index contributed by atoms with van der Waals surface area (Å²) in [6.07, 6.45) is 3.77. The van der Waals surface area contributed by atoms with Crippen molar-refractivity contribution in [2.45, 2.75) is 13.0 Å². The normalized spacial score (nSPS) is 14.4. The Balaban J connectivity index is 1.33. The average molecular weight is 385 g/mol. The second-order valence-corrected chi connectivity index (χ2v) is 6.90. The average Bonchev–Trinajstić information content (AvgIpc) is 3.25. The van der Waals surface area contributed by atoms with E-state index >= 15 is 0 Å². The predicted octanol–water partition coefficient (Wildman–Crippen LogP) is 0.962. The number of amides is 2. The van der Waals surface area contributed by atoms with E-state index in [0.29, 0.717) is 32.6 Å². The van der Waals surface area contributed by atoms with Gasteiger partial charge in [0, 0.05) is 45.3 Å². The Morgan fingerprint density at radius 3 is 2.68 bits per heavy atom. The molecule has 0 unspecified atom stereocenters. The minimum absolute atomic E-state index is 0.0877. The van der Waals surface area contributed by atoms with E-state index in [9.17, 15) is 9.59 Å². The Labute approximate surface area is 165 Å². The monoisotopic (exact) mass is 385 g/mol. The topological polar surface area (TPSA) is 81.9 Å². The summed E-state index contributed by atoms with van der Waals surface area (Å²) in [5.74, 6) is 1.71. The Morgan fingerprint density at radius 1 is 1.18 bits per heavy atom. The second kappa shape index (κ2) is 9.89. The molecule has 1 aliphatic heterocycles. The largest absolute Gasteiger partial charge is 0.467 e. The van der Waals surface area contributed by atoms with Gasteiger partial charge < -0.3 is 19.5 Å². The molecule has 3 rings (SSSR count). The SMILES string of the molecule is CN(CCC(=O)N1CCN(c2ccccn2)CC1)CC(=O)NCc1ccco1. The summed E-state index contributed by atoms with van der Waals surface area (Å²) in [5, 5.41) is 2.81. The number of carbonyl (C=O) groups is 2. The van der Waals surface area contributed by atoms with Gasteiger partial charge in [-0.2, -0.15) is 0 Å². The zero-order valence-corrected chi connectivity index (χ0v) is 16.2. The van der Waals surface area contributed by atoms with E-state index in [2.05, 4.69) is 15.2 Å². The van der Waals surface area contributed by atoms with Crippen molar-refractivity contribution in [3.05, 3.63) is 48.6 Å². The van der Waals surface area contributed by atoms with Crippen molar-refractivity contribution in [3.8, 4) is 0 Å². The van der Waals surface area contributed by atoms with Gasteiger partial charge in [0.2, 0.25) is 11.8 Å². The number of piperazine rings is 1. The van der Waals surface area contributed by atoms with Crippen LogP contribution in [-0.4, -0.2) is 72.9 Å². The molecule has 0 atom stereocenters. The summed E-state index contributed by atoms with van der Waals surface area (Å²) in [4.78, 5) is 34.7. The lowest BCUT2D eigenvalue weighted by Crippen LogP contribution is -2.49. The first-order valence-electron chi connectivity index (χ1n) is 9.53. The van der Waals surface area contributed by atoms with Gasteiger partial charge in [-0.05, 0) is 31.3 Å². The van der Waals surface area contributed by atoms with Crippen molar-refractivity contribution >= 4 is 17.6 Å². The minimum Gasteiger partial charge on any atom is -0.467 e. The number of rotatable bonds is 8. The summed E-state index contributed by atoms with van der Waals surface area (Å²) >= 11 is 0. The number of likely N-dealkylation sites (N-methyl/N-ethyl adjacent to an activating group) is 1. The number of pyridine rings is 1. The number of anilines is 1. The van der Waals surface area contributed by atoms with Gasteiger partial charge in [-0.15, -0.1) is 0 Å². The lowest BCUT2D eigenvalue weighted by Gasteiger charge is -2.35. The molecule has 2 aromatic heterocycles. The third kappa shape index (κ3) is 5.82. The Bertz CT molecular complexity index is 742. The third-order valence-electron chi connectivity index (χ3n) is 4.77. The molecular formula is C20H27N5O3. The van der Waals surface area contributed by atoms with E-state index in [1.54, 1.807) is 18.5 Å². The summed E-state index contributed by atoms with van der Waals surface area (Å²) < 4.78 is 5.18. The predicted molar refractivity (Wildman–Crippen MR) is 106 cm³/mol.